The van der Waals surface area contributed by atoms with Crippen molar-refractivity contribution in [1.29, 1.82) is 0 Å². The second-order valence-corrected chi connectivity index (χ2v) is 2.76. The zero-order valence-electron chi connectivity index (χ0n) is 4.64. The molecule has 0 N–H and O–H groups in total. The first-order chi connectivity index (χ1) is 3.80. The number of hydrogen-bond donors (Lipinski definition) is 0. The van der Waals surface area contributed by atoms with Crippen LogP contribution in [-0.4, -0.2) is 0 Å². The fourth-order valence-electron chi connectivity index (χ4n) is 0.506. The number of hydrogen-bond acceptors (Lipinski definition) is 1. The van der Waals surface area contributed by atoms with Crippen LogP contribution in [0.1, 0.15) is 5.56 Å². The smallest absolute Gasteiger partial charge is 0.196 e. The van der Waals surface area contributed by atoms with Crippen LogP contribution in [0.4, 0.5) is 0 Å². The van der Waals surface area contributed by atoms with E-state index in [1.807, 2.05) is 24.9 Å². The van der Waals surface area contributed by atoms with Crippen molar-refractivity contribution in [3.05, 3.63) is 33.4 Å². The highest BCUT2D eigenvalue weighted by Crippen LogP contribution is 1.95. The van der Waals surface area contributed by atoms with Gasteiger partial charge < -0.3 is 0 Å². The van der Waals surface area contributed by atoms with E-state index in [4.69, 9.17) is 0 Å². The van der Waals surface area contributed by atoms with Gasteiger partial charge in [-0.3, -0.25) is 4.79 Å². The Bertz CT molecular complexity index is 226. The van der Waals surface area contributed by atoms with E-state index in [9.17, 15) is 4.79 Å². The lowest BCUT2D eigenvalue weighted by molar-refractivity contribution is 1.47. The molecule has 0 aliphatic heterocycles. The van der Waals surface area contributed by atoms with Crippen LogP contribution in [0.5, 0.6) is 0 Å². The van der Waals surface area contributed by atoms with Crippen LogP contribution < -0.4 is 5.16 Å². The van der Waals surface area contributed by atoms with Crippen molar-refractivity contribution >= 4 is 8.19 Å². The van der Waals surface area contributed by atoms with Crippen molar-refractivity contribution in [2.75, 3.05) is 0 Å². The lowest BCUT2D eigenvalue weighted by Gasteiger charge is -1.82. The molecule has 0 fully saturated rings. The third kappa shape index (κ3) is 0.988. The molecule has 1 aromatic heterocycles. The van der Waals surface area contributed by atoms with Gasteiger partial charge >= 0.3 is 0 Å². The molecule has 1 atom stereocenters. The van der Waals surface area contributed by atoms with Gasteiger partial charge in [0.05, 0.1) is 0 Å². The van der Waals surface area contributed by atoms with E-state index < -0.39 is 0 Å². The molecule has 0 bridgehead atoms. The standard InChI is InChI=1S/C6H7OP/c1-5-3-2-4-8-6(5)7/h2-4,8H,1H3. The average Bonchev–Trinajstić information content (AvgIpc) is 1.77. The first-order valence-electron chi connectivity index (χ1n) is 2.45. The van der Waals surface area contributed by atoms with Crippen LogP contribution in [0.3, 0.4) is 0 Å². The van der Waals surface area contributed by atoms with Gasteiger partial charge in [-0.15, -0.1) is 0 Å². The Labute approximate surface area is 49.5 Å². The SMILES string of the molecule is Cc1ccc[pH]c1=O. The number of aryl methyl sites for hydroxylation is 1. The molecule has 0 amide bonds. The van der Waals surface area contributed by atoms with E-state index in [0.29, 0.717) is 8.19 Å². The minimum Gasteiger partial charge on any atom is -0.285 e. The quantitative estimate of drug-likeness (QED) is 0.513. The summed E-state index contributed by atoms with van der Waals surface area (Å²) in [6.07, 6.45) is 0. The minimum atomic E-state index is 0.271. The van der Waals surface area contributed by atoms with Gasteiger partial charge in [-0.1, -0.05) is 20.3 Å². The summed E-state index contributed by atoms with van der Waals surface area (Å²) >= 11 is 0. The molecule has 1 unspecified atom stereocenters. The van der Waals surface area contributed by atoms with Gasteiger partial charge in [-0.25, -0.2) is 0 Å². The lowest BCUT2D eigenvalue weighted by Crippen LogP contribution is -1.93. The molecule has 1 nitrogen and oxygen atoms in total. The molecule has 42 valence electrons. The predicted octanol–water partition coefficient (Wildman–Crippen LogP) is 1.39. The second-order valence-electron chi connectivity index (χ2n) is 1.68. The molecule has 0 aliphatic carbocycles. The Kier molecular flexibility index (Phi) is 1.50. The topological polar surface area (TPSA) is 17.1 Å². The van der Waals surface area contributed by atoms with Crippen LogP contribution in [0.15, 0.2) is 22.7 Å². The zero-order valence-corrected chi connectivity index (χ0v) is 5.64. The van der Waals surface area contributed by atoms with Gasteiger partial charge in [-0.2, -0.15) is 0 Å². The van der Waals surface area contributed by atoms with Crippen molar-refractivity contribution in [1.82, 2.24) is 0 Å². The zero-order chi connectivity index (χ0) is 5.98. The van der Waals surface area contributed by atoms with Crippen LogP contribution in [0.2, 0.25) is 0 Å². The summed E-state index contributed by atoms with van der Waals surface area (Å²) in [5.74, 6) is 1.90. The Morgan fingerprint density at radius 2 is 2.38 bits per heavy atom. The predicted molar refractivity (Wildman–Crippen MR) is 37.0 cm³/mol. The van der Waals surface area contributed by atoms with Crippen LogP contribution in [0, 0.1) is 6.92 Å². The van der Waals surface area contributed by atoms with E-state index in [0.717, 1.165) is 5.56 Å². The van der Waals surface area contributed by atoms with E-state index in [1.165, 1.54) is 0 Å². The van der Waals surface area contributed by atoms with Crippen molar-refractivity contribution in [3.8, 4) is 0 Å². The summed E-state index contributed by atoms with van der Waals surface area (Å²) in [6, 6.07) is 3.77. The molecule has 0 spiro atoms. The van der Waals surface area contributed by atoms with Crippen LogP contribution in [0.25, 0.3) is 0 Å². The third-order valence-electron chi connectivity index (χ3n) is 1.02. The Morgan fingerprint density at radius 3 is 2.75 bits per heavy atom. The highest BCUT2D eigenvalue weighted by molar-refractivity contribution is 7.27. The van der Waals surface area contributed by atoms with Gasteiger partial charge in [0.25, 0.3) is 0 Å². The van der Waals surface area contributed by atoms with E-state index in [2.05, 4.69) is 0 Å². The Morgan fingerprint density at radius 1 is 1.62 bits per heavy atom. The molecule has 1 heterocycles. The molecule has 0 aliphatic rings. The van der Waals surface area contributed by atoms with E-state index in [-0.39, 0.29) is 5.16 Å². The molecule has 8 heavy (non-hydrogen) atoms. The molecule has 0 aromatic carbocycles. The molecule has 0 saturated carbocycles. The largest absolute Gasteiger partial charge is 0.285 e. The van der Waals surface area contributed by atoms with Gasteiger partial charge in [0, 0.05) is 5.56 Å². The highest BCUT2D eigenvalue weighted by atomic mass is 31.0. The van der Waals surface area contributed by atoms with Gasteiger partial charge in [-0.05, 0) is 12.7 Å². The van der Waals surface area contributed by atoms with Crippen molar-refractivity contribution in [2.45, 2.75) is 6.92 Å². The second kappa shape index (κ2) is 2.15. The van der Waals surface area contributed by atoms with Gasteiger partial charge in [0.2, 0.25) is 0 Å². The normalized spacial score (nSPS) is 10.1. The van der Waals surface area contributed by atoms with Crippen molar-refractivity contribution < 1.29 is 0 Å². The fourth-order valence-corrected chi connectivity index (χ4v) is 1.16. The summed E-state index contributed by atoms with van der Waals surface area (Å²) in [5, 5.41) is 0.271. The monoisotopic (exact) mass is 126 g/mol. The maximum atomic E-state index is 10.7. The first-order valence-corrected chi connectivity index (χ1v) is 3.53. The third-order valence-corrected chi connectivity index (χ3v) is 2.03. The summed E-state index contributed by atoms with van der Waals surface area (Å²) in [4.78, 5) is 10.7. The average molecular weight is 126 g/mol. The minimum absolute atomic E-state index is 0.271. The maximum Gasteiger partial charge on any atom is 0.196 e. The maximum absolute atomic E-state index is 10.7. The van der Waals surface area contributed by atoms with Crippen molar-refractivity contribution in [3.63, 3.8) is 0 Å². The summed E-state index contributed by atoms with van der Waals surface area (Å²) in [6.45, 7) is 1.85. The highest BCUT2D eigenvalue weighted by Gasteiger charge is 1.83. The Hall–Kier alpha value is -0.550. The molecule has 0 saturated heterocycles. The lowest BCUT2D eigenvalue weighted by atomic mass is 10.4. The summed E-state index contributed by atoms with van der Waals surface area (Å²) in [5.41, 5.74) is 0.880. The molecule has 1 aromatic rings. The summed E-state index contributed by atoms with van der Waals surface area (Å²) < 4.78 is 0. The number of rotatable bonds is 0. The van der Waals surface area contributed by atoms with Gasteiger partial charge in [0.1, 0.15) is 0 Å². The molecular formula is C6H7OP. The summed E-state index contributed by atoms with van der Waals surface area (Å²) in [7, 11) is 0.368. The molecule has 1 rings (SSSR count). The van der Waals surface area contributed by atoms with E-state index in [1.54, 1.807) is 0 Å². The molecule has 2 heteroatoms. The van der Waals surface area contributed by atoms with Gasteiger partial charge in [0.15, 0.2) is 5.16 Å². The van der Waals surface area contributed by atoms with Crippen LogP contribution in [-0.2, 0) is 0 Å². The molecular weight excluding hydrogens is 119 g/mol. The van der Waals surface area contributed by atoms with E-state index >= 15 is 0 Å². The first kappa shape index (κ1) is 5.58. The molecule has 0 radical (unpaired) electrons. The van der Waals surface area contributed by atoms with Crippen molar-refractivity contribution in [2.24, 2.45) is 0 Å². The fraction of sp³-hybridized carbons (Fsp3) is 0.167. The van der Waals surface area contributed by atoms with Crippen LogP contribution >= 0.6 is 8.19 Å². The Balaban J connectivity index is 3.35.